The molecule has 0 saturated heterocycles. The molecule has 0 radical (unpaired) electrons. The van der Waals surface area contributed by atoms with Crippen molar-refractivity contribution in [2.45, 2.75) is 0 Å². The van der Waals surface area contributed by atoms with Crippen molar-refractivity contribution in [3.05, 3.63) is 72.8 Å². The minimum atomic E-state index is 1.13. The van der Waals surface area contributed by atoms with Crippen LogP contribution in [0.2, 0.25) is 0 Å². The summed E-state index contributed by atoms with van der Waals surface area (Å²) >= 11 is 0. The first kappa shape index (κ1) is 10.8. The van der Waals surface area contributed by atoms with Gasteiger partial charge in [-0.05, 0) is 56.9 Å². The van der Waals surface area contributed by atoms with Gasteiger partial charge in [0.1, 0.15) is 0 Å². The van der Waals surface area contributed by atoms with E-state index in [1.165, 1.54) is 21.5 Å². The lowest BCUT2D eigenvalue weighted by Gasteiger charge is -2.07. The molecule has 0 heteroatoms. The van der Waals surface area contributed by atoms with Gasteiger partial charge in [0.15, 0.2) is 0 Å². The molecule has 0 aliphatic carbocycles. The molecular weight excluding hydrogens is 216 g/mol. The zero-order valence-corrected chi connectivity index (χ0v) is 10.2. The van der Waals surface area contributed by atoms with Crippen LogP contribution >= 0.6 is 0 Å². The largest absolute Gasteiger partial charge is 0.0984 e. The van der Waals surface area contributed by atoms with Crippen LogP contribution in [0.15, 0.2) is 61.7 Å². The van der Waals surface area contributed by atoms with Crippen molar-refractivity contribution in [2.24, 2.45) is 0 Å². The van der Waals surface area contributed by atoms with Gasteiger partial charge in [0.05, 0.1) is 0 Å². The van der Waals surface area contributed by atoms with Gasteiger partial charge in [-0.1, -0.05) is 49.6 Å². The third kappa shape index (κ3) is 1.63. The Bertz CT molecular complexity index is 697. The van der Waals surface area contributed by atoms with Crippen LogP contribution in [0.3, 0.4) is 0 Å². The Morgan fingerprint density at radius 2 is 1.06 bits per heavy atom. The Labute approximate surface area is 107 Å². The summed E-state index contributed by atoms with van der Waals surface area (Å²) in [6.07, 6.45) is 3.76. The smallest absolute Gasteiger partial charge is 0.0171 e. The predicted molar refractivity (Wildman–Crippen MR) is 81.6 cm³/mol. The van der Waals surface area contributed by atoms with E-state index in [1.54, 1.807) is 0 Å². The van der Waals surface area contributed by atoms with E-state index in [0.717, 1.165) is 11.1 Å². The van der Waals surface area contributed by atoms with E-state index in [1.807, 2.05) is 12.2 Å². The second-order valence-electron chi connectivity index (χ2n) is 4.44. The first-order valence-electron chi connectivity index (χ1n) is 6.03. The Morgan fingerprint density at radius 1 is 0.611 bits per heavy atom. The Kier molecular flexibility index (Phi) is 2.49. The van der Waals surface area contributed by atoms with E-state index in [0.29, 0.717) is 0 Å². The van der Waals surface area contributed by atoms with E-state index in [2.05, 4.69) is 61.7 Å². The zero-order valence-electron chi connectivity index (χ0n) is 10.2. The molecule has 0 spiro atoms. The fourth-order valence-electron chi connectivity index (χ4n) is 2.38. The van der Waals surface area contributed by atoms with E-state index in [4.69, 9.17) is 0 Å². The maximum atomic E-state index is 3.86. The number of hydrogen-bond donors (Lipinski definition) is 0. The van der Waals surface area contributed by atoms with Gasteiger partial charge >= 0.3 is 0 Å². The van der Waals surface area contributed by atoms with Crippen molar-refractivity contribution in [3.8, 4) is 0 Å². The van der Waals surface area contributed by atoms with E-state index in [-0.39, 0.29) is 0 Å². The topological polar surface area (TPSA) is 0 Å². The maximum absolute atomic E-state index is 3.86. The van der Waals surface area contributed by atoms with Crippen LogP contribution in [0.1, 0.15) is 11.1 Å². The van der Waals surface area contributed by atoms with E-state index < -0.39 is 0 Å². The molecule has 3 aromatic carbocycles. The highest BCUT2D eigenvalue weighted by atomic mass is 14.1. The lowest BCUT2D eigenvalue weighted by Crippen LogP contribution is -1.83. The quantitative estimate of drug-likeness (QED) is 0.525. The van der Waals surface area contributed by atoms with Gasteiger partial charge in [-0.15, -0.1) is 0 Å². The average molecular weight is 230 g/mol. The Morgan fingerprint density at radius 3 is 1.44 bits per heavy atom. The number of fused-ring (bicyclic) bond motifs is 2. The minimum absolute atomic E-state index is 1.13. The molecule has 3 aromatic rings. The lowest BCUT2D eigenvalue weighted by molar-refractivity contribution is 1.68. The summed E-state index contributed by atoms with van der Waals surface area (Å²) in [6, 6.07) is 17.2. The molecule has 0 bridgehead atoms. The van der Waals surface area contributed by atoms with Crippen molar-refractivity contribution in [2.75, 3.05) is 0 Å². The predicted octanol–water partition coefficient (Wildman–Crippen LogP) is 5.28. The van der Waals surface area contributed by atoms with Crippen LogP contribution in [-0.4, -0.2) is 0 Å². The summed E-state index contributed by atoms with van der Waals surface area (Å²) in [4.78, 5) is 0. The molecule has 0 amide bonds. The maximum Gasteiger partial charge on any atom is -0.0171 e. The van der Waals surface area contributed by atoms with Crippen LogP contribution in [0.5, 0.6) is 0 Å². The standard InChI is InChI=1S/C18H14/c1-3-13-9-17-11-15-7-5-6-8-16(15)12-18(17)10-14(13)4-2/h3-12H,1-2H2. The second-order valence-corrected chi connectivity index (χ2v) is 4.44. The summed E-state index contributed by atoms with van der Waals surface area (Å²) in [5, 5.41) is 5.03. The summed E-state index contributed by atoms with van der Waals surface area (Å²) in [5.74, 6) is 0. The van der Waals surface area contributed by atoms with E-state index >= 15 is 0 Å². The molecule has 0 atom stereocenters. The van der Waals surface area contributed by atoms with Crippen molar-refractivity contribution >= 4 is 33.7 Å². The second kappa shape index (κ2) is 4.15. The average Bonchev–Trinajstić information content (AvgIpc) is 2.43. The first-order chi connectivity index (χ1) is 8.81. The Hall–Kier alpha value is -2.34. The van der Waals surface area contributed by atoms with Gasteiger partial charge in [0.2, 0.25) is 0 Å². The van der Waals surface area contributed by atoms with Crippen molar-refractivity contribution in [3.63, 3.8) is 0 Å². The molecule has 0 aliphatic heterocycles. The van der Waals surface area contributed by atoms with Crippen LogP contribution in [-0.2, 0) is 0 Å². The SMILES string of the molecule is C=Cc1cc2cc3ccccc3cc2cc1C=C. The van der Waals surface area contributed by atoms with Gasteiger partial charge < -0.3 is 0 Å². The monoisotopic (exact) mass is 230 g/mol. The van der Waals surface area contributed by atoms with Crippen molar-refractivity contribution in [1.82, 2.24) is 0 Å². The minimum Gasteiger partial charge on any atom is -0.0984 e. The van der Waals surface area contributed by atoms with Crippen molar-refractivity contribution in [1.29, 1.82) is 0 Å². The molecule has 0 aliphatic rings. The summed E-state index contributed by atoms with van der Waals surface area (Å²) < 4.78 is 0. The van der Waals surface area contributed by atoms with Crippen LogP contribution in [0.4, 0.5) is 0 Å². The molecule has 0 heterocycles. The van der Waals surface area contributed by atoms with Gasteiger partial charge in [-0.3, -0.25) is 0 Å². The van der Waals surface area contributed by atoms with E-state index in [9.17, 15) is 0 Å². The van der Waals surface area contributed by atoms with Crippen molar-refractivity contribution < 1.29 is 0 Å². The fraction of sp³-hybridized carbons (Fsp3) is 0. The third-order valence-electron chi connectivity index (χ3n) is 3.35. The highest BCUT2D eigenvalue weighted by molar-refractivity contribution is 6.00. The molecule has 0 saturated carbocycles. The lowest BCUT2D eigenvalue weighted by atomic mass is 9.98. The molecule has 0 fully saturated rings. The molecule has 18 heavy (non-hydrogen) atoms. The molecule has 3 rings (SSSR count). The third-order valence-corrected chi connectivity index (χ3v) is 3.35. The fourth-order valence-corrected chi connectivity index (χ4v) is 2.38. The molecule has 0 nitrogen and oxygen atoms in total. The highest BCUT2D eigenvalue weighted by Gasteiger charge is 2.02. The summed E-state index contributed by atoms with van der Waals surface area (Å²) in [7, 11) is 0. The van der Waals surface area contributed by atoms with Crippen LogP contribution in [0.25, 0.3) is 33.7 Å². The summed E-state index contributed by atoms with van der Waals surface area (Å²) in [6.45, 7) is 7.72. The normalized spacial score (nSPS) is 10.7. The number of hydrogen-bond acceptors (Lipinski definition) is 0. The molecule has 0 N–H and O–H groups in total. The van der Waals surface area contributed by atoms with Gasteiger partial charge in [0, 0.05) is 0 Å². The first-order valence-corrected chi connectivity index (χ1v) is 6.03. The summed E-state index contributed by atoms with van der Waals surface area (Å²) in [5.41, 5.74) is 2.26. The van der Waals surface area contributed by atoms with Gasteiger partial charge in [-0.25, -0.2) is 0 Å². The molecular formula is C18H14. The number of rotatable bonds is 2. The van der Waals surface area contributed by atoms with Gasteiger partial charge in [0.25, 0.3) is 0 Å². The molecule has 0 unspecified atom stereocenters. The van der Waals surface area contributed by atoms with Gasteiger partial charge in [-0.2, -0.15) is 0 Å². The highest BCUT2D eigenvalue weighted by Crippen LogP contribution is 2.26. The molecule has 0 aromatic heterocycles. The Balaban J connectivity index is 2.43. The van der Waals surface area contributed by atoms with Crippen LogP contribution in [0, 0.1) is 0 Å². The van der Waals surface area contributed by atoms with Crippen LogP contribution < -0.4 is 0 Å². The number of benzene rings is 3. The zero-order chi connectivity index (χ0) is 12.5. The molecule has 86 valence electrons.